The van der Waals surface area contributed by atoms with Gasteiger partial charge in [-0.1, -0.05) is 16.8 Å². The fraction of sp³-hybridized carbons (Fsp3) is 0.333. The monoisotopic (exact) mass is 853 g/mol. The number of anilines is 3. The molecule has 0 aliphatic rings. The van der Waals surface area contributed by atoms with Gasteiger partial charge in [0.1, 0.15) is 17.2 Å². The summed E-state index contributed by atoms with van der Waals surface area (Å²) in [4.78, 5) is 76.4. The Labute approximate surface area is 348 Å². The van der Waals surface area contributed by atoms with E-state index >= 15 is 0 Å². The Morgan fingerprint density at radius 2 is 1.35 bits per heavy atom. The van der Waals surface area contributed by atoms with Gasteiger partial charge < -0.3 is 55.5 Å². The lowest BCUT2D eigenvalue weighted by atomic mass is 9.98. The van der Waals surface area contributed by atoms with Crippen LogP contribution in [0.2, 0.25) is 5.02 Å². The summed E-state index contributed by atoms with van der Waals surface area (Å²) in [5.74, 6) is -6.32. The van der Waals surface area contributed by atoms with Crippen molar-refractivity contribution in [3.63, 3.8) is 0 Å². The average molecular weight is 854 g/mol. The van der Waals surface area contributed by atoms with Gasteiger partial charge in [0, 0.05) is 12.1 Å². The number of benzene rings is 3. The molecule has 4 rings (SSSR count). The number of methoxy groups -OCH3 is 2. The Morgan fingerprint density at radius 3 is 1.88 bits per heavy atom. The van der Waals surface area contributed by atoms with Gasteiger partial charge in [-0.2, -0.15) is 0 Å². The number of nitrogens with one attached hydrogen (secondary N) is 4. The van der Waals surface area contributed by atoms with Gasteiger partial charge in [-0.25, -0.2) is 14.3 Å². The van der Waals surface area contributed by atoms with Crippen LogP contribution in [0.25, 0.3) is 0 Å². The zero-order chi connectivity index (χ0) is 44.7. The van der Waals surface area contributed by atoms with E-state index in [4.69, 9.17) is 30.5 Å². The summed E-state index contributed by atoms with van der Waals surface area (Å²) in [5, 5.41) is 48.5. The number of ether oxygens (including phenoxy) is 4. The predicted octanol–water partition coefficient (Wildman–Crippen LogP) is 5.18. The molecule has 21 heteroatoms. The van der Waals surface area contributed by atoms with Crippen LogP contribution in [0.1, 0.15) is 78.3 Å². The maximum absolute atomic E-state index is 13.6. The summed E-state index contributed by atoms with van der Waals surface area (Å²) < 4.78 is 22.2. The summed E-state index contributed by atoms with van der Waals surface area (Å²) in [7, 11) is 2.34. The number of nitrogens with zero attached hydrogens (tertiary/aromatic N) is 3. The maximum Gasteiger partial charge on any atom is 0.408 e. The van der Waals surface area contributed by atoms with Crippen molar-refractivity contribution in [3.8, 4) is 23.0 Å². The molecule has 60 heavy (non-hydrogen) atoms. The third-order valence-electron chi connectivity index (χ3n) is 8.07. The number of phenolic OH excluding ortho intramolecular Hbond substituents is 1. The molecule has 320 valence electrons. The second kappa shape index (κ2) is 18.7. The van der Waals surface area contributed by atoms with Crippen molar-refractivity contribution in [1.82, 2.24) is 20.3 Å². The maximum atomic E-state index is 13.6. The number of carbonyl (C=O) groups is 6. The Balaban J connectivity index is 1.49. The lowest BCUT2D eigenvalue weighted by molar-refractivity contribution is -0.157. The van der Waals surface area contributed by atoms with E-state index in [0.717, 1.165) is 13.2 Å². The highest BCUT2D eigenvalue weighted by Gasteiger charge is 2.28. The van der Waals surface area contributed by atoms with Crippen LogP contribution in [-0.4, -0.2) is 91.9 Å². The molecular weight excluding hydrogens is 810 g/mol. The quantitative estimate of drug-likeness (QED) is 0.0805. The van der Waals surface area contributed by atoms with Crippen LogP contribution in [0.4, 0.5) is 21.9 Å². The van der Waals surface area contributed by atoms with Gasteiger partial charge >= 0.3 is 18.0 Å². The molecule has 1 heterocycles. The lowest BCUT2D eigenvalue weighted by Crippen LogP contribution is -2.47. The average Bonchev–Trinajstić information content (AvgIpc) is 3.59. The SMILES string of the molecule is COc1c(NC(=O)c2ccc(NC(=O)c3ccc(NC(=O)[C@H](Cc4cn(COC(=O)C(C)(C)C)nn4)NC(=O)OC(C)(C)C)cc3Cl)c(OC)c2O)ccc(C(=O)O)c1O. The molecule has 0 bridgehead atoms. The third-order valence-corrected chi connectivity index (χ3v) is 8.38. The largest absolute Gasteiger partial charge is 0.504 e. The van der Waals surface area contributed by atoms with E-state index in [1.54, 1.807) is 41.5 Å². The summed E-state index contributed by atoms with van der Waals surface area (Å²) in [5.41, 5.74) is -2.24. The highest BCUT2D eigenvalue weighted by molar-refractivity contribution is 6.35. The normalized spacial score (nSPS) is 11.8. The Hall–Kier alpha value is -7.09. The molecule has 0 fully saturated rings. The number of halogens is 1. The van der Waals surface area contributed by atoms with Crippen molar-refractivity contribution in [2.24, 2.45) is 5.41 Å². The Morgan fingerprint density at radius 1 is 0.800 bits per heavy atom. The van der Waals surface area contributed by atoms with Crippen molar-refractivity contribution in [2.45, 2.75) is 66.3 Å². The number of carboxylic acid groups (broad SMARTS) is 1. The van der Waals surface area contributed by atoms with Crippen molar-refractivity contribution >= 4 is 64.4 Å². The first-order valence-corrected chi connectivity index (χ1v) is 18.2. The summed E-state index contributed by atoms with van der Waals surface area (Å²) >= 11 is 6.48. The second-order valence-electron chi connectivity index (χ2n) is 14.9. The number of aromatic hydroxyl groups is 2. The van der Waals surface area contributed by atoms with E-state index in [2.05, 4.69) is 31.6 Å². The third kappa shape index (κ3) is 11.5. The molecule has 3 aromatic carbocycles. The highest BCUT2D eigenvalue weighted by Crippen LogP contribution is 2.41. The van der Waals surface area contributed by atoms with E-state index in [1.165, 1.54) is 54.4 Å². The summed E-state index contributed by atoms with van der Waals surface area (Å²) in [6.07, 6.45) is 0.406. The first-order chi connectivity index (χ1) is 28.0. The van der Waals surface area contributed by atoms with E-state index in [0.29, 0.717) is 0 Å². The van der Waals surface area contributed by atoms with Gasteiger partial charge in [0.05, 0.1) is 59.0 Å². The van der Waals surface area contributed by atoms with Crippen molar-refractivity contribution in [1.29, 1.82) is 0 Å². The van der Waals surface area contributed by atoms with E-state index in [1.807, 2.05) is 0 Å². The highest BCUT2D eigenvalue weighted by atomic mass is 35.5. The number of aromatic nitrogens is 3. The number of hydrogen-bond acceptors (Lipinski definition) is 14. The topological polar surface area (TPSA) is 279 Å². The summed E-state index contributed by atoms with van der Waals surface area (Å²) in [6.45, 7) is 9.81. The van der Waals surface area contributed by atoms with Gasteiger partial charge in [-0.05, 0) is 84.0 Å². The van der Waals surface area contributed by atoms with Crippen LogP contribution in [0.5, 0.6) is 23.0 Å². The van der Waals surface area contributed by atoms with Gasteiger partial charge in [0.25, 0.3) is 11.8 Å². The van der Waals surface area contributed by atoms with Crippen molar-refractivity contribution in [3.05, 3.63) is 76.1 Å². The minimum atomic E-state index is -1.43. The number of esters is 1. The van der Waals surface area contributed by atoms with Crippen LogP contribution < -0.4 is 30.7 Å². The second-order valence-corrected chi connectivity index (χ2v) is 15.4. The number of phenols is 2. The minimum Gasteiger partial charge on any atom is -0.504 e. The van der Waals surface area contributed by atoms with Crippen molar-refractivity contribution in [2.75, 3.05) is 30.2 Å². The molecule has 4 amide bonds. The van der Waals surface area contributed by atoms with Crippen LogP contribution >= 0.6 is 11.6 Å². The molecule has 20 nitrogen and oxygen atoms in total. The minimum absolute atomic E-state index is 0.0635. The summed E-state index contributed by atoms with van der Waals surface area (Å²) in [6, 6.07) is 7.40. The van der Waals surface area contributed by atoms with Gasteiger partial charge in [-0.15, -0.1) is 5.10 Å². The molecular formula is C39H44ClN7O13. The molecule has 0 aliphatic heterocycles. The van der Waals surface area contributed by atoms with E-state index < -0.39 is 69.9 Å². The first kappa shape index (κ1) is 45.6. The van der Waals surface area contributed by atoms with Crippen LogP contribution in [0.3, 0.4) is 0 Å². The van der Waals surface area contributed by atoms with Gasteiger partial charge in [0.2, 0.25) is 5.91 Å². The molecule has 0 spiro atoms. The number of carboxylic acids is 1. The Bertz CT molecular complexity index is 2320. The zero-order valence-electron chi connectivity index (χ0n) is 33.8. The van der Waals surface area contributed by atoms with Crippen LogP contribution in [-0.2, 0) is 32.2 Å². The lowest BCUT2D eigenvalue weighted by Gasteiger charge is -2.23. The molecule has 0 aliphatic carbocycles. The van der Waals surface area contributed by atoms with Gasteiger partial charge in [0.15, 0.2) is 29.7 Å². The molecule has 0 unspecified atom stereocenters. The number of aromatic carboxylic acids is 1. The fourth-order valence-corrected chi connectivity index (χ4v) is 5.46. The molecule has 4 aromatic rings. The fourth-order valence-electron chi connectivity index (χ4n) is 5.20. The van der Waals surface area contributed by atoms with Crippen LogP contribution in [0.15, 0.2) is 48.7 Å². The van der Waals surface area contributed by atoms with Crippen LogP contribution in [0, 0.1) is 5.41 Å². The zero-order valence-corrected chi connectivity index (χ0v) is 34.5. The molecule has 7 N–H and O–H groups in total. The standard InChI is InChI=1S/C39H44ClN7O13/c1-38(2,3)36(55)59-18-47-17-20(45-46-47)16-27(44-37(56)60-39(4,5)6)34(52)41-19-9-10-21(24(40)15-19)32(50)42-25-13-11-22(28(48)30(25)57-7)33(51)43-26-14-12-23(35(53)54)29(49)31(26)58-8/h9-15,17,27,48-49H,16,18H2,1-8H3,(H,41,52)(H,42,50)(H,43,51)(H,44,56)(H,53,54)/t27-/m0/s1. The molecule has 1 aromatic heterocycles. The number of rotatable bonds is 14. The molecule has 0 saturated carbocycles. The smallest absolute Gasteiger partial charge is 0.408 e. The number of alkyl carbamates (subject to hydrolysis) is 1. The number of carbonyl (C=O) groups excluding carboxylic acids is 5. The molecule has 1 atom stereocenters. The van der Waals surface area contributed by atoms with Crippen molar-refractivity contribution < 1.29 is 63.0 Å². The van der Waals surface area contributed by atoms with E-state index in [9.17, 15) is 44.1 Å². The molecule has 0 saturated heterocycles. The van der Waals surface area contributed by atoms with Gasteiger partial charge in [-0.3, -0.25) is 19.2 Å². The van der Waals surface area contributed by atoms with E-state index in [-0.39, 0.29) is 63.6 Å². The first-order valence-electron chi connectivity index (χ1n) is 17.8. The number of hydrogen-bond donors (Lipinski definition) is 7. The molecule has 0 radical (unpaired) electrons. The Kier molecular flexibility index (Phi) is 14.2. The predicted molar refractivity (Wildman–Crippen MR) is 215 cm³/mol. The number of amides is 4.